The van der Waals surface area contributed by atoms with Gasteiger partial charge in [0.15, 0.2) is 11.4 Å². The van der Waals surface area contributed by atoms with Gasteiger partial charge in [0.2, 0.25) is 0 Å². The first-order valence-corrected chi connectivity index (χ1v) is 14.5. The normalized spacial score (nSPS) is 11.3. The maximum atomic E-state index is 6.70. The SMILES string of the molecule is CCCC[N+](CCCC)(CCCC)c1c(C)cccc1OB(Oc1cccc(C)c1)Oc1cccc(C)c1. The Balaban J connectivity index is 2.05. The van der Waals surface area contributed by atoms with E-state index in [9.17, 15) is 0 Å². The van der Waals surface area contributed by atoms with Gasteiger partial charge in [-0.05, 0) is 81.5 Å². The fourth-order valence-corrected chi connectivity index (χ4v) is 5.16. The van der Waals surface area contributed by atoms with E-state index in [-0.39, 0.29) is 0 Å². The molecule has 3 aromatic carbocycles. The summed E-state index contributed by atoms with van der Waals surface area (Å²) in [4.78, 5) is 0. The third kappa shape index (κ3) is 8.29. The molecule has 204 valence electrons. The Morgan fingerprint density at radius 2 is 1.08 bits per heavy atom. The van der Waals surface area contributed by atoms with Crippen LogP contribution in [0.5, 0.6) is 17.2 Å². The lowest BCUT2D eigenvalue weighted by atomic mass is 10.0. The lowest BCUT2D eigenvalue weighted by molar-refractivity contribution is 0.247. The molecule has 0 aromatic heterocycles. The zero-order valence-electron chi connectivity index (χ0n) is 24.5. The van der Waals surface area contributed by atoms with E-state index in [2.05, 4.69) is 71.9 Å². The molecule has 0 spiro atoms. The van der Waals surface area contributed by atoms with Crippen molar-refractivity contribution in [3.63, 3.8) is 0 Å². The van der Waals surface area contributed by atoms with Crippen LogP contribution in [0, 0.1) is 20.8 Å². The predicted octanol–water partition coefficient (Wildman–Crippen LogP) is 8.84. The molecule has 0 fully saturated rings. The minimum atomic E-state index is -0.926. The molecule has 0 amide bonds. The number of aryl methyl sites for hydroxylation is 3. The van der Waals surface area contributed by atoms with Crippen molar-refractivity contribution < 1.29 is 14.0 Å². The Morgan fingerprint density at radius 3 is 1.53 bits per heavy atom. The first kappa shape index (κ1) is 29.6. The molecular weight excluding hydrogens is 469 g/mol. The second-order valence-corrected chi connectivity index (χ2v) is 10.6. The molecule has 0 aliphatic carbocycles. The molecule has 0 atom stereocenters. The summed E-state index contributed by atoms with van der Waals surface area (Å²) >= 11 is 0. The van der Waals surface area contributed by atoms with Gasteiger partial charge < -0.3 is 14.0 Å². The molecule has 0 aliphatic rings. The number of hydrogen-bond donors (Lipinski definition) is 0. The summed E-state index contributed by atoms with van der Waals surface area (Å²) in [5, 5.41) is 0. The first-order chi connectivity index (χ1) is 18.4. The van der Waals surface area contributed by atoms with E-state index in [1.807, 2.05) is 36.4 Å². The standard InChI is InChI=1S/C33H47BNO3/c1-7-10-22-35(23-11-8-2,24-12-9-3)33-29(6)18-15-21-32(33)38-34(36-30-19-13-16-27(4)25-30)37-31-20-14-17-28(5)26-31/h13-21,25-26H,7-12,22-24H2,1-6H3/q+1. The molecule has 0 saturated heterocycles. The number of nitrogens with zero attached hydrogens (tertiary/aromatic N) is 1. The maximum absolute atomic E-state index is 6.70. The number of quaternary nitrogens is 1. The number of rotatable bonds is 16. The molecule has 0 heterocycles. The minimum absolute atomic E-state index is 0.723. The van der Waals surface area contributed by atoms with Crippen LogP contribution in [0.1, 0.15) is 76.0 Å². The topological polar surface area (TPSA) is 27.7 Å². The molecule has 3 rings (SSSR count). The smallest absolute Gasteiger partial charge is 0.490 e. The van der Waals surface area contributed by atoms with Crippen molar-refractivity contribution in [2.75, 3.05) is 19.6 Å². The highest BCUT2D eigenvalue weighted by Gasteiger charge is 2.38. The van der Waals surface area contributed by atoms with Crippen molar-refractivity contribution in [3.8, 4) is 17.2 Å². The fourth-order valence-electron chi connectivity index (χ4n) is 5.16. The predicted molar refractivity (Wildman–Crippen MR) is 162 cm³/mol. The van der Waals surface area contributed by atoms with Gasteiger partial charge in [-0.15, -0.1) is 0 Å². The van der Waals surface area contributed by atoms with E-state index in [1.165, 1.54) is 49.8 Å². The van der Waals surface area contributed by atoms with Crippen LogP contribution in [0.2, 0.25) is 0 Å². The Bertz CT molecular complexity index is 1060. The van der Waals surface area contributed by atoms with E-state index in [0.717, 1.165) is 52.5 Å². The van der Waals surface area contributed by atoms with Gasteiger partial charge in [0.25, 0.3) is 0 Å². The number of benzene rings is 3. The van der Waals surface area contributed by atoms with Crippen molar-refractivity contribution in [1.29, 1.82) is 0 Å². The highest BCUT2D eigenvalue weighted by Crippen LogP contribution is 2.39. The number of unbranched alkanes of at least 4 members (excludes halogenated alkanes) is 3. The fraction of sp³-hybridized carbons (Fsp3) is 0.455. The molecule has 0 bridgehead atoms. The molecule has 0 aliphatic heterocycles. The second-order valence-electron chi connectivity index (χ2n) is 10.6. The van der Waals surface area contributed by atoms with E-state index in [0.29, 0.717) is 0 Å². The van der Waals surface area contributed by atoms with E-state index >= 15 is 0 Å². The minimum Gasteiger partial charge on any atom is -0.490 e. The summed E-state index contributed by atoms with van der Waals surface area (Å²) < 4.78 is 20.3. The van der Waals surface area contributed by atoms with Crippen LogP contribution < -0.4 is 18.4 Å². The summed E-state index contributed by atoms with van der Waals surface area (Å²) in [6.07, 6.45) is 7.08. The van der Waals surface area contributed by atoms with Crippen molar-refractivity contribution in [2.45, 2.75) is 80.1 Å². The molecule has 5 heteroatoms. The van der Waals surface area contributed by atoms with E-state index in [4.69, 9.17) is 14.0 Å². The van der Waals surface area contributed by atoms with E-state index < -0.39 is 7.32 Å². The molecule has 0 saturated carbocycles. The van der Waals surface area contributed by atoms with Crippen LogP contribution >= 0.6 is 0 Å². The zero-order chi connectivity index (χ0) is 27.4. The molecule has 38 heavy (non-hydrogen) atoms. The van der Waals surface area contributed by atoms with Crippen LogP contribution in [0.15, 0.2) is 66.7 Å². The summed E-state index contributed by atoms with van der Waals surface area (Å²) in [6, 6.07) is 22.4. The van der Waals surface area contributed by atoms with Crippen molar-refractivity contribution >= 4 is 13.0 Å². The third-order valence-corrected chi connectivity index (χ3v) is 7.16. The Hall–Kier alpha value is -2.92. The van der Waals surface area contributed by atoms with Gasteiger partial charge in [-0.2, -0.15) is 0 Å². The molecule has 0 unspecified atom stereocenters. The summed E-state index contributed by atoms with van der Waals surface area (Å²) in [7, 11) is -0.926. The maximum Gasteiger partial charge on any atom is 0.864 e. The lowest BCUT2D eigenvalue weighted by Crippen LogP contribution is -2.52. The van der Waals surface area contributed by atoms with Gasteiger partial charge in [-0.25, -0.2) is 0 Å². The summed E-state index contributed by atoms with van der Waals surface area (Å²) in [6.45, 7) is 16.5. The molecule has 3 aromatic rings. The molecule has 0 radical (unpaired) electrons. The van der Waals surface area contributed by atoms with Crippen molar-refractivity contribution in [1.82, 2.24) is 4.48 Å². The average Bonchev–Trinajstić information content (AvgIpc) is 2.89. The van der Waals surface area contributed by atoms with Gasteiger partial charge in [0, 0.05) is 5.56 Å². The third-order valence-electron chi connectivity index (χ3n) is 7.16. The molecule has 4 nitrogen and oxygen atoms in total. The van der Waals surface area contributed by atoms with Crippen molar-refractivity contribution in [2.24, 2.45) is 0 Å². The number of hydrogen-bond acceptors (Lipinski definition) is 3. The van der Waals surface area contributed by atoms with Gasteiger partial charge in [-0.1, -0.05) is 76.4 Å². The highest BCUT2D eigenvalue weighted by molar-refractivity contribution is 6.39. The van der Waals surface area contributed by atoms with Crippen LogP contribution in [0.4, 0.5) is 5.69 Å². The van der Waals surface area contributed by atoms with Gasteiger partial charge >= 0.3 is 7.32 Å². The summed E-state index contributed by atoms with van der Waals surface area (Å²) in [5.41, 5.74) is 4.79. The average molecular weight is 517 g/mol. The largest absolute Gasteiger partial charge is 0.864 e. The van der Waals surface area contributed by atoms with Crippen LogP contribution in [-0.4, -0.2) is 27.0 Å². The van der Waals surface area contributed by atoms with Gasteiger partial charge in [0.1, 0.15) is 11.5 Å². The highest BCUT2D eigenvalue weighted by atomic mass is 16.7. The second kappa shape index (κ2) is 14.9. The zero-order valence-corrected chi connectivity index (χ0v) is 24.5. The first-order valence-electron chi connectivity index (χ1n) is 14.5. The Morgan fingerprint density at radius 1 is 0.605 bits per heavy atom. The van der Waals surface area contributed by atoms with Gasteiger partial charge in [-0.3, -0.25) is 4.48 Å². The van der Waals surface area contributed by atoms with Crippen molar-refractivity contribution in [3.05, 3.63) is 83.4 Å². The molecule has 0 N–H and O–H groups in total. The quantitative estimate of drug-likeness (QED) is 0.141. The Labute approximate surface area is 231 Å². The summed E-state index contributed by atoms with van der Waals surface area (Å²) in [5.74, 6) is 2.29. The lowest BCUT2D eigenvalue weighted by Gasteiger charge is -2.40. The van der Waals surface area contributed by atoms with E-state index in [1.54, 1.807) is 0 Å². The monoisotopic (exact) mass is 516 g/mol. The molecular formula is C33H47BNO3+. The van der Waals surface area contributed by atoms with Crippen LogP contribution in [-0.2, 0) is 0 Å². The van der Waals surface area contributed by atoms with Gasteiger partial charge in [0.05, 0.1) is 19.6 Å². The number of para-hydroxylation sites is 1. The van der Waals surface area contributed by atoms with Crippen LogP contribution in [0.3, 0.4) is 0 Å². The Kier molecular flexibility index (Phi) is 11.6. The van der Waals surface area contributed by atoms with Crippen LogP contribution in [0.25, 0.3) is 0 Å².